The SMILES string of the molecule is COCCCS(=O)(=O)CCCCNC(C)(C)C. The first-order chi connectivity index (χ1) is 7.77. The fraction of sp³-hybridized carbons (Fsp3) is 1.00. The second kappa shape index (κ2) is 8.06. The maximum absolute atomic E-state index is 11.6. The zero-order valence-corrected chi connectivity index (χ0v) is 12.4. The van der Waals surface area contributed by atoms with Crippen molar-refractivity contribution in [3.63, 3.8) is 0 Å². The van der Waals surface area contributed by atoms with E-state index in [0.717, 1.165) is 19.4 Å². The van der Waals surface area contributed by atoms with Crippen molar-refractivity contribution in [3.05, 3.63) is 0 Å². The predicted octanol–water partition coefficient (Wildman–Crippen LogP) is 1.61. The van der Waals surface area contributed by atoms with E-state index in [4.69, 9.17) is 4.74 Å². The van der Waals surface area contributed by atoms with Gasteiger partial charge in [-0.3, -0.25) is 0 Å². The van der Waals surface area contributed by atoms with Crippen molar-refractivity contribution in [3.8, 4) is 0 Å². The number of ether oxygens (including phenoxy) is 1. The highest BCUT2D eigenvalue weighted by molar-refractivity contribution is 7.91. The lowest BCUT2D eigenvalue weighted by atomic mass is 10.1. The van der Waals surface area contributed by atoms with Crippen LogP contribution in [0, 0.1) is 0 Å². The summed E-state index contributed by atoms with van der Waals surface area (Å²) in [4.78, 5) is 0. The Morgan fingerprint density at radius 1 is 1.06 bits per heavy atom. The minimum Gasteiger partial charge on any atom is -0.385 e. The fourth-order valence-corrected chi connectivity index (χ4v) is 2.84. The summed E-state index contributed by atoms with van der Waals surface area (Å²) in [5.41, 5.74) is 0.108. The third-order valence-corrected chi connectivity index (χ3v) is 4.16. The molecule has 0 bridgehead atoms. The van der Waals surface area contributed by atoms with Gasteiger partial charge in [0.15, 0.2) is 0 Å². The maximum Gasteiger partial charge on any atom is 0.150 e. The van der Waals surface area contributed by atoms with E-state index in [9.17, 15) is 8.42 Å². The molecule has 0 aromatic carbocycles. The Kier molecular flexibility index (Phi) is 8.00. The number of nitrogens with one attached hydrogen (secondary N) is 1. The summed E-state index contributed by atoms with van der Waals surface area (Å²) in [7, 11) is -1.29. The largest absolute Gasteiger partial charge is 0.385 e. The van der Waals surface area contributed by atoms with Crippen molar-refractivity contribution in [2.75, 3.05) is 31.8 Å². The molecular formula is C12H27NO3S. The minimum atomic E-state index is -2.88. The van der Waals surface area contributed by atoms with Crippen molar-refractivity contribution < 1.29 is 13.2 Å². The van der Waals surface area contributed by atoms with E-state index in [1.807, 2.05) is 0 Å². The highest BCUT2D eigenvalue weighted by Gasteiger charge is 2.11. The lowest BCUT2D eigenvalue weighted by Crippen LogP contribution is -2.36. The molecule has 0 atom stereocenters. The Morgan fingerprint density at radius 3 is 2.18 bits per heavy atom. The Bertz CT molecular complexity index is 281. The number of hydrogen-bond acceptors (Lipinski definition) is 4. The van der Waals surface area contributed by atoms with Gasteiger partial charge in [-0.1, -0.05) is 0 Å². The van der Waals surface area contributed by atoms with Crippen LogP contribution < -0.4 is 5.32 Å². The minimum absolute atomic E-state index is 0.108. The van der Waals surface area contributed by atoms with Gasteiger partial charge in [0, 0.05) is 19.3 Å². The molecule has 0 saturated carbocycles. The summed E-state index contributed by atoms with van der Waals surface area (Å²) in [6.45, 7) is 7.71. The van der Waals surface area contributed by atoms with Crippen molar-refractivity contribution in [2.24, 2.45) is 0 Å². The monoisotopic (exact) mass is 265 g/mol. The van der Waals surface area contributed by atoms with Crippen LogP contribution in [0.5, 0.6) is 0 Å². The molecule has 1 N–H and O–H groups in total. The average Bonchev–Trinajstić information content (AvgIpc) is 2.15. The van der Waals surface area contributed by atoms with Gasteiger partial charge in [-0.2, -0.15) is 0 Å². The summed E-state index contributed by atoms with van der Waals surface area (Å²) in [6, 6.07) is 0. The molecule has 0 rings (SSSR count). The van der Waals surface area contributed by atoms with Gasteiger partial charge in [-0.05, 0) is 46.6 Å². The first kappa shape index (κ1) is 16.9. The molecule has 104 valence electrons. The van der Waals surface area contributed by atoms with E-state index in [2.05, 4.69) is 26.1 Å². The number of unbranched alkanes of at least 4 members (excludes halogenated alkanes) is 1. The third-order valence-electron chi connectivity index (χ3n) is 2.34. The number of sulfone groups is 1. The standard InChI is InChI=1S/C12H27NO3S/c1-12(2,3)13-8-5-6-10-17(14,15)11-7-9-16-4/h13H,5-11H2,1-4H3. The van der Waals surface area contributed by atoms with Gasteiger partial charge in [-0.15, -0.1) is 0 Å². The molecule has 0 unspecified atom stereocenters. The number of methoxy groups -OCH3 is 1. The van der Waals surface area contributed by atoms with Crippen molar-refractivity contribution in [2.45, 2.75) is 45.6 Å². The van der Waals surface area contributed by atoms with Crippen LogP contribution >= 0.6 is 0 Å². The second-order valence-electron chi connectivity index (χ2n) is 5.38. The number of hydrogen-bond donors (Lipinski definition) is 1. The first-order valence-corrected chi connectivity index (χ1v) is 8.03. The van der Waals surface area contributed by atoms with Gasteiger partial charge in [0.05, 0.1) is 11.5 Å². The summed E-state index contributed by atoms with van der Waals surface area (Å²) >= 11 is 0. The quantitative estimate of drug-likeness (QED) is 0.644. The molecule has 0 aliphatic rings. The number of rotatable bonds is 9. The van der Waals surface area contributed by atoms with Gasteiger partial charge in [0.25, 0.3) is 0 Å². The summed E-state index contributed by atoms with van der Waals surface area (Å²) in [5, 5.41) is 3.35. The molecule has 0 radical (unpaired) electrons. The van der Waals surface area contributed by atoms with E-state index in [1.54, 1.807) is 7.11 Å². The smallest absolute Gasteiger partial charge is 0.150 e. The highest BCUT2D eigenvalue weighted by Crippen LogP contribution is 2.02. The molecule has 0 aliphatic heterocycles. The molecule has 0 heterocycles. The van der Waals surface area contributed by atoms with Gasteiger partial charge < -0.3 is 10.1 Å². The van der Waals surface area contributed by atoms with Gasteiger partial charge in [0.1, 0.15) is 9.84 Å². The highest BCUT2D eigenvalue weighted by atomic mass is 32.2. The summed E-state index contributed by atoms with van der Waals surface area (Å²) in [6.07, 6.45) is 2.23. The zero-order chi connectivity index (χ0) is 13.4. The Labute approximate surface area is 106 Å². The van der Waals surface area contributed by atoms with Crippen molar-refractivity contribution >= 4 is 9.84 Å². The maximum atomic E-state index is 11.6. The molecular weight excluding hydrogens is 238 g/mol. The predicted molar refractivity (Wildman–Crippen MR) is 72.1 cm³/mol. The van der Waals surface area contributed by atoms with Crippen LogP contribution in [0.3, 0.4) is 0 Å². The fourth-order valence-electron chi connectivity index (χ4n) is 1.44. The molecule has 0 spiro atoms. The summed E-state index contributed by atoms with van der Waals surface area (Å²) in [5.74, 6) is 0.538. The molecule has 0 fully saturated rings. The van der Waals surface area contributed by atoms with Crippen LogP contribution in [0.1, 0.15) is 40.0 Å². The van der Waals surface area contributed by atoms with E-state index >= 15 is 0 Å². The average molecular weight is 265 g/mol. The zero-order valence-electron chi connectivity index (χ0n) is 11.6. The summed E-state index contributed by atoms with van der Waals surface area (Å²) < 4.78 is 28.0. The van der Waals surface area contributed by atoms with E-state index in [0.29, 0.717) is 18.8 Å². The Hall–Kier alpha value is -0.130. The van der Waals surface area contributed by atoms with Crippen LogP contribution in [-0.2, 0) is 14.6 Å². The normalized spacial score (nSPS) is 12.9. The van der Waals surface area contributed by atoms with Gasteiger partial charge in [-0.25, -0.2) is 8.42 Å². The van der Waals surface area contributed by atoms with Gasteiger partial charge in [0.2, 0.25) is 0 Å². The topological polar surface area (TPSA) is 55.4 Å². The molecule has 5 heteroatoms. The van der Waals surface area contributed by atoms with E-state index in [-0.39, 0.29) is 11.3 Å². The van der Waals surface area contributed by atoms with Gasteiger partial charge >= 0.3 is 0 Å². The van der Waals surface area contributed by atoms with Crippen LogP contribution in [0.15, 0.2) is 0 Å². The van der Waals surface area contributed by atoms with Crippen molar-refractivity contribution in [1.29, 1.82) is 0 Å². The van der Waals surface area contributed by atoms with Crippen LogP contribution in [0.2, 0.25) is 0 Å². The molecule has 0 aromatic heterocycles. The Morgan fingerprint density at radius 2 is 1.65 bits per heavy atom. The van der Waals surface area contributed by atoms with Crippen LogP contribution in [0.4, 0.5) is 0 Å². The van der Waals surface area contributed by atoms with E-state index in [1.165, 1.54) is 0 Å². The molecule has 0 saturated heterocycles. The van der Waals surface area contributed by atoms with Crippen molar-refractivity contribution in [1.82, 2.24) is 5.32 Å². The Balaban J connectivity index is 3.59. The van der Waals surface area contributed by atoms with Crippen LogP contribution in [0.25, 0.3) is 0 Å². The second-order valence-corrected chi connectivity index (χ2v) is 7.69. The molecule has 4 nitrogen and oxygen atoms in total. The third kappa shape index (κ3) is 12.1. The molecule has 0 aliphatic carbocycles. The van der Waals surface area contributed by atoms with E-state index < -0.39 is 9.84 Å². The first-order valence-electron chi connectivity index (χ1n) is 6.21. The lowest BCUT2D eigenvalue weighted by Gasteiger charge is -2.20. The van der Waals surface area contributed by atoms with Crippen LogP contribution in [-0.4, -0.2) is 45.7 Å². The molecule has 0 amide bonds. The lowest BCUT2D eigenvalue weighted by molar-refractivity contribution is 0.199. The molecule has 0 aromatic rings. The molecule has 17 heavy (non-hydrogen) atoms.